The van der Waals surface area contributed by atoms with Crippen LogP contribution in [-0.4, -0.2) is 4.57 Å². The lowest BCUT2D eigenvalue weighted by atomic mass is 10.1. The number of hydrogen-bond acceptors (Lipinski definition) is 3. The van der Waals surface area contributed by atoms with E-state index in [0.29, 0.717) is 17.1 Å². The zero-order chi connectivity index (χ0) is 13.3. The Hall–Kier alpha value is -1.57. The van der Waals surface area contributed by atoms with Crippen LogP contribution < -0.4 is 4.87 Å². The molecule has 1 aromatic carbocycles. The summed E-state index contributed by atoms with van der Waals surface area (Å²) in [5.41, 5.74) is 2.33. The lowest BCUT2D eigenvalue weighted by Crippen LogP contribution is -2.15. The molecule has 1 aromatic heterocycles. The fourth-order valence-electron chi connectivity index (χ4n) is 1.69. The van der Waals surface area contributed by atoms with Crippen LogP contribution in [0, 0.1) is 25.2 Å². The van der Waals surface area contributed by atoms with Gasteiger partial charge < -0.3 is 0 Å². The molecule has 0 radical (unpaired) electrons. The van der Waals surface area contributed by atoms with Crippen molar-refractivity contribution in [1.82, 2.24) is 4.57 Å². The van der Waals surface area contributed by atoms with Gasteiger partial charge in [-0.1, -0.05) is 29.0 Å². The van der Waals surface area contributed by atoms with Crippen LogP contribution in [0.25, 0.3) is 0 Å². The van der Waals surface area contributed by atoms with Crippen molar-refractivity contribution in [2.75, 3.05) is 0 Å². The fourth-order valence-corrected chi connectivity index (χ4v) is 2.76. The van der Waals surface area contributed by atoms with E-state index in [2.05, 4.69) is 0 Å². The van der Waals surface area contributed by atoms with E-state index in [4.69, 9.17) is 16.9 Å². The summed E-state index contributed by atoms with van der Waals surface area (Å²) < 4.78 is 1.70. The summed E-state index contributed by atoms with van der Waals surface area (Å²) in [6.07, 6.45) is 0. The molecular weight excluding hydrogens is 268 g/mol. The number of hydrogen-bond donors (Lipinski definition) is 0. The third-order valence-electron chi connectivity index (χ3n) is 2.89. The molecule has 1 heterocycles. The molecule has 0 saturated carbocycles. The van der Waals surface area contributed by atoms with Gasteiger partial charge in [0, 0.05) is 15.6 Å². The van der Waals surface area contributed by atoms with Gasteiger partial charge in [-0.3, -0.25) is 9.36 Å². The number of aryl methyl sites for hydroxylation is 1. The number of nitrogens with zero attached hydrogens (tertiary/aromatic N) is 2. The van der Waals surface area contributed by atoms with E-state index in [0.717, 1.165) is 16.1 Å². The second kappa shape index (κ2) is 4.97. The molecule has 0 aliphatic rings. The molecule has 0 amide bonds. The Balaban J connectivity index is 2.41. The molecule has 0 N–H and O–H groups in total. The van der Waals surface area contributed by atoms with E-state index >= 15 is 0 Å². The van der Waals surface area contributed by atoms with Crippen molar-refractivity contribution < 1.29 is 0 Å². The average Bonchev–Trinajstić information content (AvgIpc) is 2.58. The first-order chi connectivity index (χ1) is 8.52. The second-order valence-electron chi connectivity index (χ2n) is 4.01. The number of thiazole rings is 1. The van der Waals surface area contributed by atoms with Crippen molar-refractivity contribution in [2.24, 2.45) is 0 Å². The van der Waals surface area contributed by atoms with Crippen molar-refractivity contribution in [3.05, 3.63) is 54.6 Å². The highest BCUT2D eigenvalue weighted by Crippen LogP contribution is 2.20. The molecule has 5 heteroatoms. The van der Waals surface area contributed by atoms with E-state index < -0.39 is 0 Å². The summed E-state index contributed by atoms with van der Waals surface area (Å²) in [4.78, 5) is 12.8. The highest BCUT2D eigenvalue weighted by molar-refractivity contribution is 7.09. The van der Waals surface area contributed by atoms with Gasteiger partial charge in [0.1, 0.15) is 0 Å². The number of benzene rings is 1. The molecule has 3 nitrogen and oxygen atoms in total. The smallest absolute Gasteiger partial charge is 0.299 e. The van der Waals surface area contributed by atoms with E-state index in [1.807, 2.05) is 19.9 Å². The molecule has 0 bridgehead atoms. The van der Waals surface area contributed by atoms with E-state index in [1.165, 1.54) is 11.3 Å². The van der Waals surface area contributed by atoms with Gasteiger partial charge in [-0.15, -0.1) is 0 Å². The monoisotopic (exact) mass is 278 g/mol. The molecule has 0 aliphatic carbocycles. The Kier molecular flexibility index (Phi) is 3.55. The number of rotatable bonds is 2. The zero-order valence-electron chi connectivity index (χ0n) is 10.0. The van der Waals surface area contributed by atoms with Crippen molar-refractivity contribution >= 4 is 22.9 Å². The summed E-state index contributed by atoms with van der Waals surface area (Å²) in [6, 6.07) is 7.16. The van der Waals surface area contributed by atoms with Crippen molar-refractivity contribution in [3.8, 4) is 6.07 Å². The van der Waals surface area contributed by atoms with Crippen molar-refractivity contribution in [3.63, 3.8) is 0 Å². The van der Waals surface area contributed by atoms with Crippen molar-refractivity contribution in [2.45, 2.75) is 20.4 Å². The van der Waals surface area contributed by atoms with Crippen LogP contribution in [0.1, 0.15) is 21.7 Å². The maximum Gasteiger partial charge on any atom is 0.307 e. The molecule has 92 valence electrons. The molecular formula is C13H11ClN2OS. The highest BCUT2D eigenvalue weighted by atomic mass is 35.5. The topological polar surface area (TPSA) is 45.8 Å². The molecule has 0 spiro atoms. The van der Waals surface area contributed by atoms with Crippen LogP contribution in [0.15, 0.2) is 23.0 Å². The number of nitriles is 1. The Bertz CT molecular complexity index is 694. The predicted molar refractivity (Wildman–Crippen MR) is 73.3 cm³/mol. The van der Waals surface area contributed by atoms with Gasteiger partial charge in [-0.25, -0.2) is 0 Å². The normalized spacial score (nSPS) is 10.3. The zero-order valence-corrected chi connectivity index (χ0v) is 11.6. The summed E-state index contributed by atoms with van der Waals surface area (Å²) in [7, 11) is 0. The molecule has 2 aromatic rings. The maximum atomic E-state index is 11.8. The number of halogens is 1. The second-order valence-corrected chi connectivity index (χ2v) is 5.59. The standard InChI is InChI=1S/C13H11ClN2OS/c1-8-9(2)18-13(17)16(8)7-11-4-3-10(6-15)5-12(11)14/h3-5H,7H2,1-2H3. The third kappa shape index (κ3) is 2.33. The van der Waals surface area contributed by atoms with Crippen LogP contribution >= 0.6 is 22.9 Å². The first-order valence-electron chi connectivity index (χ1n) is 5.38. The van der Waals surface area contributed by atoms with E-state index in [9.17, 15) is 4.79 Å². The molecule has 0 fully saturated rings. The van der Waals surface area contributed by atoms with Crippen LogP contribution in [-0.2, 0) is 6.54 Å². The SMILES string of the molecule is Cc1sc(=O)n(Cc2ccc(C#N)cc2Cl)c1C. The predicted octanol–water partition coefficient (Wildman–Crippen LogP) is 3.10. The Morgan fingerprint density at radius 1 is 1.44 bits per heavy atom. The van der Waals surface area contributed by atoms with Gasteiger partial charge in [-0.05, 0) is 31.5 Å². The van der Waals surface area contributed by atoms with Gasteiger partial charge in [0.2, 0.25) is 0 Å². The molecule has 0 saturated heterocycles. The summed E-state index contributed by atoms with van der Waals surface area (Å²) >= 11 is 7.35. The van der Waals surface area contributed by atoms with Gasteiger partial charge in [0.15, 0.2) is 0 Å². The van der Waals surface area contributed by atoms with Gasteiger partial charge in [-0.2, -0.15) is 5.26 Å². The minimum Gasteiger partial charge on any atom is -0.299 e. The average molecular weight is 279 g/mol. The van der Waals surface area contributed by atoms with Crippen LogP contribution in [0.5, 0.6) is 0 Å². The molecule has 0 atom stereocenters. The number of aromatic nitrogens is 1. The third-order valence-corrected chi connectivity index (χ3v) is 4.23. The highest BCUT2D eigenvalue weighted by Gasteiger charge is 2.10. The Labute approximate surface area is 114 Å². The molecule has 18 heavy (non-hydrogen) atoms. The van der Waals surface area contributed by atoms with Gasteiger partial charge >= 0.3 is 4.87 Å². The quantitative estimate of drug-likeness (QED) is 0.847. The lowest BCUT2D eigenvalue weighted by molar-refractivity contribution is 0.751. The fraction of sp³-hybridized carbons (Fsp3) is 0.231. The summed E-state index contributed by atoms with van der Waals surface area (Å²) in [6.45, 7) is 4.29. The molecule has 2 rings (SSSR count). The molecule has 0 unspecified atom stereocenters. The maximum absolute atomic E-state index is 11.8. The van der Waals surface area contributed by atoms with Crippen LogP contribution in [0.3, 0.4) is 0 Å². The summed E-state index contributed by atoms with van der Waals surface area (Å²) in [5, 5.41) is 9.29. The van der Waals surface area contributed by atoms with Crippen LogP contribution in [0.4, 0.5) is 0 Å². The lowest BCUT2D eigenvalue weighted by Gasteiger charge is -2.07. The molecule has 0 aliphatic heterocycles. The van der Waals surface area contributed by atoms with E-state index in [1.54, 1.807) is 22.8 Å². The first-order valence-corrected chi connectivity index (χ1v) is 6.57. The Morgan fingerprint density at radius 2 is 2.17 bits per heavy atom. The van der Waals surface area contributed by atoms with Crippen LogP contribution in [0.2, 0.25) is 5.02 Å². The van der Waals surface area contributed by atoms with E-state index in [-0.39, 0.29) is 4.87 Å². The minimum atomic E-state index is 0.0189. The Morgan fingerprint density at radius 3 is 2.67 bits per heavy atom. The van der Waals surface area contributed by atoms with Gasteiger partial charge in [0.25, 0.3) is 0 Å². The first kappa shape index (κ1) is 12.9. The minimum absolute atomic E-state index is 0.0189. The largest absolute Gasteiger partial charge is 0.307 e. The van der Waals surface area contributed by atoms with Crippen molar-refractivity contribution in [1.29, 1.82) is 5.26 Å². The summed E-state index contributed by atoms with van der Waals surface area (Å²) in [5.74, 6) is 0. The van der Waals surface area contributed by atoms with Gasteiger partial charge in [0.05, 0.1) is 18.2 Å².